The molecule has 220 valence electrons. The number of nitrogens with zero attached hydrogens (tertiary/aromatic N) is 2. The van der Waals surface area contributed by atoms with Gasteiger partial charge in [-0.15, -0.1) is 0 Å². The monoisotopic (exact) mass is 579 g/mol. The third-order valence-corrected chi connectivity index (χ3v) is 7.58. The van der Waals surface area contributed by atoms with Gasteiger partial charge >= 0.3 is 12.0 Å². The van der Waals surface area contributed by atoms with Gasteiger partial charge in [-0.3, -0.25) is 19.4 Å². The Labute approximate surface area is 249 Å². The lowest BCUT2D eigenvalue weighted by Crippen LogP contribution is -2.50. The van der Waals surface area contributed by atoms with Gasteiger partial charge in [-0.05, 0) is 61.2 Å². The number of aliphatic carboxylic acids is 1. The first-order chi connectivity index (χ1) is 20.6. The van der Waals surface area contributed by atoms with Crippen molar-refractivity contribution in [2.45, 2.75) is 39.3 Å². The van der Waals surface area contributed by atoms with E-state index < -0.39 is 29.2 Å². The minimum Gasteiger partial charge on any atom is -0.481 e. The highest BCUT2D eigenvalue weighted by atomic mass is 16.4. The fraction of sp³-hybridized carbons (Fsp3) is 0.242. The van der Waals surface area contributed by atoms with Crippen LogP contribution in [-0.2, 0) is 27.3 Å². The average Bonchev–Trinajstić information content (AvgIpc) is 3.42. The second kappa shape index (κ2) is 12.3. The molecule has 10 nitrogen and oxygen atoms in total. The minimum absolute atomic E-state index is 0.365. The fourth-order valence-corrected chi connectivity index (χ4v) is 5.10. The molecular weight excluding hydrogens is 546 g/mol. The highest BCUT2D eigenvalue weighted by molar-refractivity contribution is 6.12. The molecule has 4 amide bonds. The van der Waals surface area contributed by atoms with E-state index in [-0.39, 0.29) is 12.5 Å². The SMILES string of the molecule is CC(C)(C(=O)NC(CC(=O)O)c1cnc2ccccc2c1)C(=O)N1CCc2ccc(NC(=O)NCc3ccccc3)cc21. The van der Waals surface area contributed by atoms with Gasteiger partial charge in [-0.1, -0.05) is 54.6 Å². The Hall–Kier alpha value is -5.25. The van der Waals surface area contributed by atoms with Gasteiger partial charge in [0.2, 0.25) is 11.8 Å². The maximum absolute atomic E-state index is 13.8. The van der Waals surface area contributed by atoms with Crippen LogP contribution in [0, 0.1) is 5.41 Å². The Bertz CT molecular complexity index is 1690. The van der Waals surface area contributed by atoms with Gasteiger partial charge in [0.1, 0.15) is 5.41 Å². The van der Waals surface area contributed by atoms with E-state index in [2.05, 4.69) is 20.9 Å². The highest BCUT2D eigenvalue weighted by Crippen LogP contribution is 2.35. The van der Waals surface area contributed by atoms with E-state index in [1.807, 2.05) is 60.7 Å². The van der Waals surface area contributed by atoms with Crippen LogP contribution in [0.25, 0.3) is 10.9 Å². The molecule has 1 unspecified atom stereocenters. The van der Waals surface area contributed by atoms with Gasteiger partial charge in [0.05, 0.1) is 18.0 Å². The molecule has 4 aromatic rings. The van der Waals surface area contributed by atoms with Crippen LogP contribution in [-0.4, -0.2) is 40.5 Å². The van der Waals surface area contributed by atoms with E-state index in [4.69, 9.17) is 0 Å². The summed E-state index contributed by atoms with van der Waals surface area (Å²) in [6.45, 7) is 3.79. The van der Waals surface area contributed by atoms with Gasteiger partial charge < -0.3 is 26.0 Å². The number of anilines is 2. The number of rotatable bonds is 9. The summed E-state index contributed by atoms with van der Waals surface area (Å²) in [5, 5.41) is 18.8. The van der Waals surface area contributed by atoms with Crippen molar-refractivity contribution in [3.63, 3.8) is 0 Å². The lowest BCUT2D eigenvalue weighted by molar-refractivity contribution is -0.140. The number of amides is 4. The number of fused-ring (bicyclic) bond motifs is 2. The molecule has 0 spiro atoms. The topological polar surface area (TPSA) is 141 Å². The number of hydrogen-bond acceptors (Lipinski definition) is 5. The molecular formula is C33H33N5O5. The first kappa shape index (κ1) is 29.2. The number of carbonyl (C=O) groups is 4. The smallest absolute Gasteiger partial charge is 0.319 e. The number of aromatic nitrogens is 1. The molecule has 10 heteroatoms. The summed E-state index contributed by atoms with van der Waals surface area (Å²) in [6, 6.07) is 22.8. The average molecular weight is 580 g/mol. The molecule has 1 aliphatic rings. The Morgan fingerprint density at radius 2 is 1.72 bits per heavy atom. The van der Waals surface area contributed by atoms with E-state index in [0.717, 1.165) is 22.0 Å². The molecule has 5 rings (SSSR count). The predicted molar refractivity (Wildman–Crippen MR) is 163 cm³/mol. The molecule has 0 saturated carbocycles. The van der Waals surface area contributed by atoms with E-state index >= 15 is 0 Å². The number of benzene rings is 3. The van der Waals surface area contributed by atoms with Crippen molar-refractivity contribution in [2.75, 3.05) is 16.8 Å². The Morgan fingerprint density at radius 1 is 0.977 bits per heavy atom. The summed E-state index contributed by atoms with van der Waals surface area (Å²) < 4.78 is 0. The maximum atomic E-state index is 13.8. The zero-order chi connectivity index (χ0) is 30.6. The van der Waals surface area contributed by atoms with Crippen molar-refractivity contribution in [3.8, 4) is 0 Å². The Morgan fingerprint density at radius 3 is 2.49 bits per heavy atom. The number of pyridine rings is 1. The van der Waals surface area contributed by atoms with Crippen molar-refractivity contribution < 1.29 is 24.3 Å². The number of carboxylic acids is 1. The fourth-order valence-electron chi connectivity index (χ4n) is 5.10. The molecule has 1 atom stereocenters. The molecule has 0 fully saturated rings. The van der Waals surface area contributed by atoms with Crippen molar-refractivity contribution in [2.24, 2.45) is 5.41 Å². The number of urea groups is 1. The lowest BCUT2D eigenvalue weighted by Gasteiger charge is -2.30. The summed E-state index contributed by atoms with van der Waals surface area (Å²) in [6.07, 6.45) is 1.78. The van der Waals surface area contributed by atoms with E-state index in [1.165, 1.54) is 13.8 Å². The lowest BCUT2D eigenvalue weighted by atomic mass is 9.89. The highest BCUT2D eigenvalue weighted by Gasteiger charge is 2.42. The van der Waals surface area contributed by atoms with Crippen molar-refractivity contribution in [1.29, 1.82) is 0 Å². The third kappa shape index (κ3) is 6.64. The van der Waals surface area contributed by atoms with Gasteiger partial charge in [0, 0.05) is 36.0 Å². The van der Waals surface area contributed by atoms with Gasteiger partial charge in [-0.25, -0.2) is 4.79 Å². The molecule has 43 heavy (non-hydrogen) atoms. The minimum atomic E-state index is -1.51. The van der Waals surface area contributed by atoms with Crippen LogP contribution in [0.2, 0.25) is 0 Å². The van der Waals surface area contributed by atoms with Crippen LogP contribution >= 0.6 is 0 Å². The zero-order valence-corrected chi connectivity index (χ0v) is 24.0. The van der Waals surface area contributed by atoms with E-state index in [1.54, 1.807) is 29.3 Å². The second-order valence-electron chi connectivity index (χ2n) is 11.1. The molecule has 0 saturated heterocycles. The number of carboxylic acid groups (broad SMARTS) is 1. The molecule has 1 aliphatic heterocycles. The normalized spacial score (nSPS) is 13.2. The summed E-state index contributed by atoms with van der Waals surface area (Å²) in [5.41, 5.74) is 2.78. The largest absolute Gasteiger partial charge is 0.481 e. The number of carbonyl (C=O) groups excluding carboxylic acids is 3. The van der Waals surface area contributed by atoms with Crippen molar-refractivity contribution in [1.82, 2.24) is 15.6 Å². The molecule has 0 aliphatic carbocycles. The third-order valence-electron chi connectivity index (χ3n) is 7.58. The number of nitrogens with one attached hydrogen (secondary N) is 3. The van der Waals surface area contributed by atoms with Crippen LogP contribution in [0.5, 0.6) is 0 Å². The van der Waals surface area contributed by atoms with Gasteiger partial charge in [-0.2, -0.15) is 0 Å². The summed E-state index contributed by atoms with van der Waals surface area (Å²) in [4.78, 5) is 57.5. The quantitative estimate of drug-likeness (QED) is 0.210. The predicted octanol–water partition coefficient (Wildman–Crippen LogP) is 4.80. The van der Waals surface area contributed by atoms with Crippen LogP contribution in [0.4, 0.5) is 16.2 Å². The van der Waals surface area contributed by atoms with Crippen LogP contribution in [0.15, 0.2) is 85.1 Å². The van der Waals surface area contributed by atoms with Crippen molar-refractivity contribution >= 4 is 46.1 Å². The molecule has 0 bridgehead atoms. The number of hydrogen-bond donors (Lipinski definition) is 4. The van der Waals surface area contributed by atoms with Crippen LogP contribution in [0.3, 0.4) is 0 Å². The Kier molecular flexibility index (Phi) is 8.38. The second-order valence-corrected chi connectivity index (χ2v) is 11.1. The van der Waals surface area contributed by atoms with Crippen LogP contribution < -0.4 is 20.9 Å². The number of para-hydroxylation sites is 1. The van der Waals surface area contributed by atoms with Gasteiger partial charge in [0.15, 0.2) is 0 Å². The van der Waals surface area contributed by atoms with Crippen LogP contribution in [0.1, 0.15) is 43.0 Å². The summed E-state index contributed by atoms with van der Waals surface area (Å²) in [7, 11) is 0. The first-order valence-corrected chi connectivity index (χ1v) is 14.0. The van der Waals surface area contributed by atoms with E-state index in [0.29, 0.717) is 36.4 Å². The van der Waals surface area contributed by atoms with E-state index in [9.17, 15) is 24.3 Å². The maximum Gasteiger partial charge on any atom is 0.319 e. The van der Waals surface area contributed by atoms with Crippen molar-refractivity contribution in [3.05, 3.63) is 102 Å². The first-order valence-electron chi connectivity index (χ1n) is 14.0. The Balaban J connectivity index is 1.29. The molecule has 1 aromatic heterocycles. The standard InChI is InChI=1S/C33H33N5O5/c1-33(2,30(41)37-27(18-29(39)40)24-16-23-10-6-7-11-26(23)34-20-24)31(42)38-15-14-22-12-13-25(17-28(22)38)36-32(43)35-19-21-8-4-3-5-9-21/h3-13,16-17,20,27H,14-15,18-19H2,1-2H3,(H,37,41)(H,39,40)(H2,35,36,43). The van der Waals surface area contributed by atoms with Gasteiger partial charge in [0.25, 0.3) is 0 Å². The molecule has 4 N–H and O–H groups in total. The molecule has 0 radical (unpaired) electrons. The molecule has 2 heterocycles. The summed E-state index contributed by atoms with van der Waals surface area (Å²) >= 11 is 0. The zero-order valence-electron chi connectivity index (χ0n) is 24.0. The summed E-state index contributed by atoms with van der Waals surface area (Å²) in [5.74, 6) is -2.12. The molecule has 3 aromatic carbocycles.